The van der Waals surface area contributed by atoms with Gasteiger partial charge in [0.2, 0.25) is 0 Å². The van der Waals surface area contributed by atoms with E-state index < -0.39 is 11.5 Å². The number of aryl methyl sites for hydroxylation is 2. The highest BCUT2D eigenvalue weighted by atomic mass is 79.9. The molecular weight excluding hydrogens is 548 g/mol. The second kappa shape index (κ2) is 10.1. The molecule has 0 saturated carbocycles. The van der Waals surface area contributed by atoms with Crippen LogP contribution < -0.4 is 15.1 Å². The van der Waals surface area contributed by atoms with Crippen molar-refractivity contribution in [1.29, 1.82) is 0 Å². The summed E-state index contributed by atoms with van der Waals surface area (Å²) in [7, 11) is 1.56. The monoisotopic (exact) mass is 574 g/mol. The van der Waals surface area contributed by atoms with Crippen molar-refractivity contribution in [2.75, 3.05) is 7.11 Å². The number of halogens is 1. The second-order valence-corrected chi connectivity index (χ2v) is 9.99. The summed E-state index contributed by atoms with van der Waals surface area (Å²) >= 11 is 3.52. The zero-order chi connectivity index (χ0) is 27.1. The van der Waals surface area contributed by atoms with Gasteiger partial charge in [-0.1, -0.05) is 38.6 Å². The molecule has 2 heterocycles. The number of methoxy groups -OCH3 is 1. The van der Waals surface area contributed by atoms with Crippen LogP contribution in [-0.4, -0.2) is 17.3 Å². The number of allylic oxidation sites excluding steroid dienone is 1. The van der Waals surface area contributed by atoms with E-state index in [0.29, 0.717) is 32.5 Å². The van der Waals surface area contributed by atoms with Crippen LogP contribution in [0.5, 0.6) is 17.2 Å². The Labute approximate surface area is 228 Å². The standard InChI is InChI=1S/C31H27BrO6/c1-5-17-7-10-23-20(13-17)29(33)26(16(3)37-23)27(19-9-12-25(36-4)22(32)15-19)28-30(34)21-14-18(6-2)8-11-24(21)38-31(28)35/h7-15,27,33-34H,3,5-6H2,1-2,4H3. The van der Waals surface area contributed by atoms with Crippen molar-refractivity contribution in [1.82, 2.24) is 0 Å². The minimum absolute atomic E-state index is 0.0239. The van der Waals surface area contributed by atoms with Crippen LogP contribution in [-0.2, 0) is 12.8 Å². The molecule has 0 aliphatic carbocycles. The van der Waals surface area contributed by atoms with Crippen LogP contribution in [0, 0.1) is 0 Å². The second-order valence-electron chi connectivity index (χ2n) is 9.13. The molecule has 6 nitrogen and oxygen atoms in total. The molecule has 38 heavy (non-hydrogen) atoms. The molecule has 194 valence electrons. The maximum Gasteiger partial charge on any atom is 0.344 e. The Kier molecular flexibility index (Phi) is 6.80. The highest BCUT2D eigenvalue weighted by molar-refractivity contribution is 9.10. The van der Waals surface area contributed by atoms with Crippen molar-refractivity contribution in [3.8, 4) is 17.2 Å². The number of hydrogen-bond donors (Lipinski definition) is 2. The van der Waals surface area contributed by atoms with E-state index in [0.717, 1.165) is 24.0 Å². The SMILES string of the molecule is C=C1Oc2ccc(CC)cc2C(O)=C1C(c1ccc(OC)c(Br)c1)c1c(O)c2cc(CC)ccc2oc1=O. The molecule has 1 atom stereocenters. The molecule has 5 rings (SSSR count). The summed E-state index contributed by atoms with van der Waals surface area (Å²) < 4.78 is 17.8. The smallest absolute Gasteiger partial charge is 0.344 e. The van der Waals surface area contributed by atoms with Gasteiger partial charge in [-0.25, -0.2) is 4.79 Å². The molecule has 0 fully saturated rings. The number of aromatic hydroxyl groups is 1. The first kappa shape index (κ1) is 25.7. The third kappa shape index (κ3) is 4.27. The van der Waals surface area contributed by atoms with Gasteiger partial charge in [0.05, 0.1) is 34.0 Å². The molecule has 0 radical (unpaired) electrons. The van der Waals surface area contributed by atoms with Gasteiger partial charge in [0.1, 0.15) is 34.3 Å². The van der Waals surface area contributed by atoms with Crippen molar-refractivity contribution in [2.24, 2.45) is 0 Å². The Bertz CT molecular complexity index is 1680. The molecule has 1 aliphatic rings. The molecular formula is C31H27BrO6. The van der Waals surface area contributed by atoms with Crippen LogP contribution in [0.2, 0.25) is 0 Å². The van der Waals surface area contributed by atoms with E-state index in [4.69, 9.17) is 13.9 Å². The summed E-state index contributed by atoms with van der Waals surface area (Å²) in [5.74, 6) is -0.0453. The van der Waals surface area contributed by atoms with E-state index in [1.807, 2.05) is 32.0 Å². The molecule has 0 bridgehead atoms. The Hall–Kier alpha value is -3.97. The van der Waals surface area contributed by atoms with E-state index in [1.54, 1.807) is 43.5 Å². The molecule has 0 saturated heterocycles. The van der Waals surface area contributed by atoms with Crippen LogP contribution in [0.4, 0.5) is 0 Å². The lowest BCUT2D eigenvalue weighted by atomic mass is 9.81. The fraction of sp³-hybridized carbons (Fsp3) is 0.194. The summed E-state index contributed by atoms with van der Waals surface area (Å²) in [6.45, 7) is 8.10. The van der Waals surface area contributed by atoms with Crippen molar-refractivity contribution in [2.45, 2.75) is 32.6 Å². The lowest BCUT2D eigenvalue weighted by molar-refractivity contribution is 0.398. The van der Waals surface area contributed by atoms with E-state index in [9.17, 15) is 15.0 Å². The number of aliphatic hydroxyl groups is 1. The quantitative estimate of drug-likeness (QED) is 0.233. The number of aliphatic hydroxyl groups excluding tert-OH is 1. The molecule has 0 spiro atoms. The van der Waals surface area contributed by atoms with Gasteiger partial charge in [-0.2, -0.15) is 0 Å². The summed E-state index contributed by atoms with van der Waals surface area (Å²) in [6.07, 6.45) is 1.51. The minimum Gasteiger partial charge on any atom is -0.507 e. The molecule has 4 aromatic rings. The van der Waals surface area contributed by atoms with Crippen LogP contribution >= 0.6 is 15.9 Å². The van der Waals surface area contributed by atoms with Crippen molar-refractivity contribution in [3.05, 3.63) is 115 Å². The van der Waals surface area contributed by atoms with Crippen LogP contribution in [0.1, 0.15) is 47.6 Å². The van der Waals surface area contributed by atoms with Gasteiger partial charge in [0, 0.05) is 5.57 Å². The number of fused-ring (bicyclic) bond motifs is 2. The zero-order valence-corrected chi connectivity index (χ0v) is 22.9. The third-order valence-electron chi connectivity index (χ3n) is 6.97. The Balaban J connectivity index is 1.85. The molecule has 1 aromatic heterocycles. The lowest BCUT2D eigenvalue weighted by Crippen LogP contribution is -2.21. The van der Waals surface area contributed by atoms with Gasteiger partial charge in [-0.15, -0.1) is 0 Å². The fourth-order valence-electron chi connectivity index (χ4n) is 4.90. The van der Waals surface area contributed by atoms with Gasteiger partial charge in [-0.3, -0.25) is 0 Å². The number of hydrogen-bond acceptors (Lipinski definition) is 6. The van der Waals surface area contributed by atoms with E-state index >= 15 is 0 Å². The van der Waals surface area contributed by atoms with E-state index in [-0.39, 0.29) is 34.0 Å². The molecule has 7 heteroatoms. The Morgan fingerprint density at radius 2 is 1.71 bits per heavy atom. The highest BCUT2D eigenvalue weighted by Gasteiger charge is 2.36. The first-order chi connectivity index (χ1) is 18.3. The van der Waals surface area contributed by atoms with Gasteiger partial charge < -0.3 is 24.1 Å². The maximum absolute atomic E-state index is 13.5. The minimum atomic E-state index is -0.964. The van der Waals surface area contributed by atoms with Crippen LogP contribution in [0.15, 0.2) is 86.2 Å². The maximum atomic E-state index is 13.5. The summed E-state index contributed by atoms with van der Waals surface area (Å²) in [4.78, 5) is 13.5. The Morgan fingerprint density at radius 3 is 2.39 bits per heavy atom. The van der Waals surface area contributed by atoms with Gasteiger partial charge in [0.25, 0.3) is 0 Å². The normalized spacial score (nSPS) is 13.8. The number of benzene rings is 3. The van der Waals surface area contributed by atoms with Crippen molar-refractivity contribution in [3.63, 3.8) is 0 Å². The predicted molar refractivity (Wildman–Crippen MR) is 151 cm³/mol. The summed E-state index contributed by atoms with van der Waals surface area (Å²) in [5, 5.41) is 23.6. The zero-order valence-electron chi connectivity index (χ0n) is 21.3. The summed E-state index contributed by atoms with van der Waals surface area (Å²) in [5.41, 5.74) is 2.85. The number of rotatable bonds is 6. The van der Waals surface area contributed by atoms with Gasteiger partial charge >= 0.3 is 5.63 Å². The predicted octanol–water partition coefficient (Wildman–Crippen LogP) is 7.40. The van der Waals surface area contributed by atoms with Crippen LogP contribution in [0.25, 0.3) is 16.7 Å². The van der Waals surface area contributed by atoms with Gasteiger partial charge in [-0.05, 0) is 81.9 Å². The first-order valence-electron chi connectivity index (χ1n) is 12.3. The molecule has 2 N–H and O–H groups in total. The first-order valence-corrected chi connectivity index (χ1v) is 13.1. The summed E-state index contributed by atoms with van der Waals surface area (Å²) in [6, 6.07) is 16.2. The lowest BCUT2D eigenvalue weighted by Gasteiger charge is -2.29. The molecule has 1 unspecified atom stereocenters. The largest absolute Gasteiger partial charge is 0.507 e. The topological polar surface area (TPSA) is 89.1 Å². The van der Waals surface area contributed by atoms with Crippen molar-refractivity contribution < 1.29 is 24.1 Å². The highest BCUT2D eigenvalue weighted by Crippen LogP contribution is 2.48. The average Bonchev–Trinajstić information content (AvgIpc) is 2.91. The van der Waals surface area contributed by atoms with Crippen molar-refractivity contribution >= 4 is 32.7 Å². The molecule has 1 aliphatic heterocycles. The number of ether oxygens (including phenoxy) is 2. The Morgan fingerprint density at radius 1 is 1.00 bits per heavy atom. The molecule has 3 aromatic carbocycles. The third-order valence-corrected chi connectivity index (χ3v) is 7.59. The molecule has 0 amide bonds. The van der Waals surface area contributed by atoms with Gasteiger partial charge in [0.15, 0.2) is 0 Å². The van der Waals surface area contributed by atoms with Crippen LogP contribution in [0.3, 0.4) is 0 Å². The van der Waals surface area contributed by atoms with E-state index in [1.165, 1.54) is 0 Å². The average molecular weight is 575 g/mol. The van der Waals surface area contributed by atoms with E-state index in [2.05, 4.69) is 22.5 Å². The fourth-order valence-corrected chi connectivity index (χ4v) is 5.45.